The average molecular weight is 399 g/mol. The van der Waals surface area contributed by atoms with E-state index in [1.54, 1.807) is 20.8 Å². The van der Waals surface area contributed by atoms with Gasteiger partial charge in [-0.25, -0.2) is 4.79 Å². The van der Waals surface area contributed by atoms with E-state index in [4.69, 9.17) is 13.1 Å². The Morgan fingerprint density at radius 1 is 1.00 bits per heavy atom. The zero-order chi connectivity index (χ0) is 19.3. The first-order chi connectivity index (χ1) is 11.1. The molecule has 9 nitrogen and oxygen atoms in total. The Bertz CT molecular complexity index is 733. The molecular weight excluding hydrogens is 374 g/mol. The summed E-state index contributed by atoms with van der Waals surface area (Å²) in [7, 11) is -7.68. The molecule has 2 rings (SSSR count). The molecule has 0 radical (unpaired) electrons. The Kier molecular flexibility index (Phi) is 5.19. The Hall–Kier alpha value is -0.910. The molecule has 0 N–H and O–H groups in total. The molecule has 1 saturated heterocycles. The number of amides is 1. The van der Waals surface area contributed by atoms with E-state index >= 15 is 0 Å². The summed E-state index contributed by atoms with van der Waals surface area (Å²) in [5.41, 5.74) is -1.28. The first-order valence-electron chi connectivity index (χ1n) is 7.87. The maximum atomic E-state index is 12.5. The van der Waals surface area contributed by atoms with Crippen LogP contribution in [0.3, 0.4) is 0 Å². The third-order valence-corrected chi connectivity index (χ3v) is 5.16. The summed E-state index contributed by atoms with van der Waals surface area (Å²) >= 11 is 0. The zero-order valence-corrected chi connectivity index (χ0v) is 16.6. The van der Waals surface area contributed by atoms with Gasteiger partial charge in [-0.3, -0.25) is 13.3 Å². The third-order valence-electron chi connectivity index (χ3n) is 3.97. The van der Waals surface area contributed by atoms with Crippen molar-refractivity contribution in [2.45, 2.75) is 63.4 Å². The van der Waals surface area contributed by atoms with Crippen LogP contribution in [0.1, 0.15) is 40.0 Å². The van der Waals surface area contributed by atoms with Crippen LogP contribution in [-0.2, 0) is 33.3 Å². The average Bonchev–Trinajstić information content (AvgIpc) is 3.07. The first kappa shape index (κ1) is 20.4. The molecule has 0 aromatic rings. The van der Waals surface area contributed by atoms with Gasteiger partial charge in [-0.2, -0.15) is 16.8 Å². The topological polar surface area (TPSA) is 116 Å². The molecule has 1 aliphatic carbocycles. The second-order valence-corrected chi connectivity index (χ2v) is 10.9. The van der Waals surface area contributed by atoms with Crippen LogP contribution in [0.4, 0.5) is 4.79 Å². The van der Waals surface area contributed by atoms with Gasteiger partial charge < -0.3 is 4.74 Å². The maximum Gasteiger partial charge on any atom is 0.410 e. The van der Waals surface area contributed by atoms with E-state index in [1.807, 2.05) is 0 Å². The van der Waals surface area contributed by atoms with E-state index in [-0.39, 0.29) is 13.0 Å². The molecule has 0 bridgehead atoms. The van der Waals surface area contributed by atoms with Crippen LogP contribution >= 0.6 is 0 Å². The molecule has 11 heteroatoms. The summed E-state index contributed by atoms with van der Waals surface area (Å²) in [6, 6.07) is 0. The van der Waals surface area contributed by atoms with E-state index in [0.29, 0.717) is 12.8 Å². The summed E-state index contributed by atoms with van der Waals surface area (Å²) < 4.78 is 61.5. The van der Waals surface area contributed by atoms with Gasteiger partial charge in [0.1, 0.15) is 17.8 Å². The second-order valence-electron chi connectivity index (χ2n) is 7.70. The first-order valence-corrected chi connectivity index (χ1v) is 11.5. The van der Waals surface area contributed by atoms with Crippen LogP contribution < -0.4 is 0 Å². The van der Waals surface area contributed by atoms with Gasteiger partial charge in [-0.1, -0.05) is 0 Å². The minimum atomic E-state index is -3.87. The van der Waals surface area contributed by atoms with Gasteiger partial charge in [0.15, 0.2) is 0 Å². The molecule has 0 unspecified atom stereocenters. The lowest BCUT2D eigenvalue weighted by Crippen LogP contribution is -2.58. The number of likely N-dealkylation sites (tertiary alicyclic amines) is 1. The lowest BCUT2D eigenvalue weighted by Gasteiger charge is -2.43. The third kappa shape index (κ3) is 5.80. The number of carbonyl (C=O) groups is 1. The van der Waals surface area contributed by atoms with Gasteiger partial charge in [-0.15, -0.1) is 0 Å². The molecule has 1 spiro atoms. The molecule has 1 amide bonds. The number of nitrogens with zero attached hydrogens (tertiary/aromatic N) is 1. The highest BCUT2D eigenvalue weighted by Gasteiger charge is 2.58. The molecule has 1 heterocycles. The van der Waals surface area contributed by atoms with E-state index in [9.17, 15) is 21.6 Å². The van der Waals surface area contributed by atoms with Gasteiger partial charge >= 0.3 is 6.09 Å². The number of hydrogen-bond acceptors (Lipinski definition) is 8. The smallest absolute Gasteiger partial charge is 0.410 e. The minimum Gasteiger partial charge on any atom is -0.444 e. The van der Waals surface area contributed by atoms with E-state index < -0.39 is 49.7 Å². The van der Waals surface area contributed by atoms with E-state index in [0.717, 1.165) is 12.5 Å². The van der Waals surface area contributed by atoms with Crippen LogP contribution in [0, 0.1) is 0 Å². The second kappa shape index (κ2) is 6.36. The fourth-order valence-corrected chi connectivity index (χ4v) is 4.22. The van der Waals surface area contributed by atoms with Gasteiger partial charge in [-0.05, 0) is 33.6 Å². The molecule has 146 valence electrons. The molecule has 1 aliphatic heterocycles. The SMILES string of the molecule is CC(C)(C)OC(=O)N1C[C@@H](OS(C)(=O)=O)[C@@H](OS(C)(=O)=O)CC12CC2. The highest BCUT2D eigenvalue weighted by atomic mass is 32.2. The number of rotatable bonds is 4. The van der Waals surface area contributed by atoms with Crippen LogP contribution in [0.15, 0.2) is 0 Å². The number of piperidine rings is 1. The number of carbonyl (C=O) groups excluding carboxylic acids is 1. The Labute approximate surface area is 148 Å². The standard InChI is InChI=1S/C14H25NO8S2/c1-13(2,3)21-12(16)15-9-11(23-25(5,19)20)10(22-24(4,17)18)8-14(15)6-7-14/h10-11H,6-9H2,1-5H3/t10-,11+/m0/s1. The van der Waals surface area contributed by atoms with Crippen molar-refractivity contribution in [2.75, 3.05) is 19.1 Å². The molecule has 25 heavy (non-hydrogen) atoms. The fraction of sp³-hybridized carbons (Fsp3) is 0.929. The molecule has 0 aromatic carbocycles. The summed E-state index contributed by atoms with van der Waals surface area (Å²) in [5, 5.41) is 0. The zero-order valence-electron chi connectivity index (χ0n) is 15.0. The Balaban J connectivity index is 2.26. The highest BCUT2D eigenvalue weighted by molar-refractivity contribution is 7.86. The molecule has 2 aliphatic rings. The van der Waals surface area contributed by atoms with Crippen molar-refractivity contribution in [2.24, 2.45) is 0 Å². The van der Waals surface area contributed by atoms with Crippen molar-refractivity contribution in [1.29, 1.82) is 0 Å². The van der Waals surface area contributed by atoms with Crippen molar-refractivity contribution in [1.82, 2.24) is 4.90 Å². The molecule has 1 saturated carbocycles. The van der Waals surface area contributed by atoms with Crippen molar-refractivity contribution in [3.05, 3.63) is 0 Å². The van der Waals surface area contributed by atoms with Crippen molar-refractivity contribution in [3.8, 4) is 0 Å². The predicted octanol–water partition coefficient (Wildman–Crippen LogP) is 0.849. The van der Waals surface area contributed by atoms with Crippen LogP contribution in [0.25, 0.3) is 0 Å². The normalized spacial score (nSPS) is 26.5. The van der Waals surface area contributed by atoms with Gasteiger partial charge in [0, 0.05) is 12.0 Å². The van der Waals surface area contributed by atoms with Crippen LogP contribution in [0.2, 0.25) is 0 Å². The maximum absolute atomic E-state index is 12.5. The molecule has 2 fully saturated rings. The Morgan fingerprint density at radius 2 is 1.48 bits per heavy atom. The van der Waals surface area contributed by atoms with Crippen LogP contribution in [0.5, 0.6) is 0 Å². The Morgan fingerprint density at radius 3 is 1.88 bits per heavy atom. The number of hydrogen-bond donors (Lipinski definition) is 0. The molecular formula is C14H25NO8S2. The highest BCUT2D eigenvalue weighted by Crippen LogP contribution is 2.50. The van der Waals surface area contributed by atoms with Crippen LogP contribution in [-0.4, -0.2) is 70.2 Å². The fourth-order valence-electron chi connectivity index (χ4n) is 2.95. The summed E-state index contributed by atoms with van der Waals surface area (Å²) in [4.78, 5) is 14.0. The largest absolute Gasteiger partial charge is 0.444 e. The lowest BCUT2D eigenvalue weighted by molar-refractivity contribution is -0.0512. The minimum absolute atomic E-state index is 0.123. The molecule has 2 atom stereocenters. The van der Waals surface area contributed by atoms with Crippen molar-refractivity contribution < 1.29 is 34.7 Å². The van der Waals surface area contributed by atoms with Crippen molar-refractivity contribution in [3.63, 3.8) is 0 Å². The monoisotopic (exact) mass is 399 g/mol. The lowest BCUT2D eigenvalue weighted by atomic mass is 9.95. The summed E-state index contributed by atoms with van der Waals surface area (Å²) in [6.07, 6.45) is 0.579. The van der Waals surface area contributed by atoms with Gasteiger partial charge in [0.05, 0.1) is 19.1 Å². The summed E-state index contributed by atoms with van der Waals surface area (Å²) in [5.74, 6) is 0. The predicted molar refractivity (Wildman–Crippen MR) is 89.0 cm³/mol. The van der Waals surface area contributed by atoms with E-state index in [2.05, 4.69) is 0 Å². The quantitative estimate of drug-likeness (QED) is 0.639. The number of ether oxygens (including phenoxy) is 1. The van der Waals surface area contributed by atoms with E-state index in [1.165, 1.54) is 4.90 Å². The summed E-state index contributed by atoms with van der Waals surface area (Å²) in [6.45, 7) is 5.07. The molecule has 0 aromatic heterocycles. The van der Waals surface area contributed by atoms with Gasteiger partial charge in [0.2, 0.25) is 0 Å². The van der Waals surface area contributed by atoms with Crippen molar-refractivity contribution >= 4 is 26.3 Å². The van der Waals surface area contributed by atoms with Gasteiger partial charge in [0.25, 0.3) is 20.2 Å².